The number of rotatable bonds is 7. The molecule has 0 amide bonds. The van der Waals surface area contributed by atoms with Crippen LogP contribution in [0.4, 0.5) is 5.69 Å². The van der Waals surface area contributed by atoms with Crippen LogP contribution in [0, 0.1) is 0 Å². The summed E-state index contributed by atoms with van der Waals surface area (Å²) in [6.07, 6.45) is 0.796. The summed E-state index contributed by atoms with van der Waals surface area (Å²) in [5, 5.41) is 3.73. The van der Waals surface area contributed by atoms with Crippen molar-refractivity contribution < 1.29 is 14.3 Å². The molecule has 1 N–H and O–H groups in total. The highest BCUT2D eigenvalue weighted by Crippen LogP contribution is 2.24. The average Bonchev–Trinajstić information content (AvgIpc) is 2.61. The Morgan fingerprint density at radius 1 is 1.12 bits per heavy atom. The van der Waals surface area contributed by atoms with Gasteiger partial charge in [-0.05, 0) is 47.7 Å². The van der Waals surface area contributed by atoms with E-state index < -0.39 is 5.97 Å². The second kappa shape index (κ2) is 8.95. The van der Waals surface area contributed by atoms with E-state index in [0.29, 0.717) is 29.4 Å². The zero-order valence-corrected chi connectivity index (χ0v) is 16.5. The molecule has 0 aliphatic carbocycles. The van der Waals surface area contributed by atoms with Gasteiger partial charge in [-0.1, -0.05) is 44.5 Å². The molecule has 0 heterocycles. The van der Waals surface area contributed by atoms with E-state index in [-0.39, 0.29) is 5.41 Å². The van der Waals surface area contributed by atoms with Crippen LogP contribution in [0.2, 0.25) is 5.02 Å². The number of hydrogen-bond acceptors (Lipinski definition) is 4. The topological polar surface area (TPSA) is 47.6 Å². The number of benzene rings is 2. The second-order valence-electron chi connectivity index (χ2n) is 7.08. The van der Waals surface area contributed by atoms with Gasteiger partial charge in [-0.15, -0.1) is 0 Å². The molecule has 26 heavy (non-hydrogen) atoms. The molecule has 0 saturated heterocycles. The molecule has 0 aliphatic heterocycles. The van der Waals surface area contributed by atoms with Crippen molar-refractivity contribution in [3.63, 3.8) is 0 Å². The number of anilines is 1. The molecule has 0 spiro atoms. The Kier molecular flexibility index (Phi) is 6.92. The van der Waals surface area contributed by atoms with Crippen LogP contribution >= 0.6 is 11.6 Å². The molecule has 2 aromatic carbocycles. The molecule has 0 aromatic heterocycles. The number of esters is 1. The number of halogens is 1. The number of hydrogen-bond donors (Lipinski definition) is 1. The lowest BCUT2D eigenvalue weighted by Gasteiger charge is -2.19. The van der Waals surface area contributed by atoms with Gasteiger partial charge in [-0.3, -0.25) is 0 Å². The number of ether oxygens (including phenoxy) is 2. The van der Waals surface area contributed by atoms with Gasteiger partial charge >= 0.3 is 5.97 Å². The predicted molar refractivity (Wildman–Crippen MR) is 107 cm³/mol. The van der Waals surface area contributed by atoms with E-state index in [1.165, 1.54) is 12.7 Å². The molecule has 0 radical (unpaired) electrons. The second-order valence-corrected chi connectivity index (χ2v) is 7.52. The zero-order chi connectivity index (χ0) is 19.2. The van der Waals surface area contributed by atoms with Gasteiger partial charge in [-0.2, -0.15) is 0 Å². The van der Waals surface area contributed by atoms with Crippen LogP contribution < -0.4 is 10.1 Å². The summed E-state index contributed by atoms with van der Waals surface area (Å²) in [4.78, 5) is 11.8. The average molecular weight is 376 g/mol. The fourth-order valence-electron chi connectivity index (χ4n) is 2.49. The van der Waals surface area contributed by atoms with Gasteiger partial charge in [-0.25, -0.2) is 4.79 Å². The molecule has 140 valence electrons. The van der Waals surface area contributed by atoms with E-state index >= 15 is 0 Å². The van der Waals surface area contributed by atoms with Crippen molar-refractivity contribution in [2.24, 2.45) is 0 Å². The number of methoxy groups -OCH3 is 1. The van der Waals surface area contributed by atoms with E-state index in [9.17, 15) is 4.79 Å². The quantitative estimate of drug-likeness (QED) is 0.526. The van der Waals surface area contributed by atoms with Crippen LogP contribution in [0.3, 0.4) is 0 Å². The highest BCUT2D eigenvalue weighted by atomic mass is 35.5. The number of nitrogens with one attached hydrogen (secondary N) is 1. The van der Waals surface area contributed by atoms with Crippen molar-refractivity contribution in [2.75, 3.05) is 25.6 Å². The van der Waals surface area contributed by atoms with Crippen LogP contribution in [0.1, 0.15) is 43.1 Å². The molecule has 2 aromatic rings. The molecular formula is C21H26ClNO3. The van der Waals surface area contributed by atoms with Crippen molar-refractivity contribution >= 4 is 23.3 Å². The molecule has 0 aliphatic rings. The van der Waals surface area contributed by atoms with Crippen LogP contribution in [0.25, 0.3) is 0 Å². The summed E-state index contributed by atoms with van der Waals surface area (Å²) in [5.74, 6) is 0.449. The monoisotopic (exact) mass is 375 g/mol. The highest BCUT2D eigenvalue weighted by Gasteiger charge is 2.13. The summed E-state index contributed by atoms with van der Waals surface area (Å²) >= 11 is 5.95. The summed E-state index contributed by atoms with van der Waals surface area (Å²) in [5.41, 5.74) is 2.55. The maximum Gasteiger partial charge on any atom is 0.340 e. The first-order valence-electron chi connectivity index (χ1n) is 8.66. The van der Waals surface area contributed by atoms with Crippen molar-refractivity contribution in [3.8, 4) is 5.75 Å². The van der Waals surface area contributed by atoms with Gasteiger partial charge in [0.2, 0.25) is 0 Å². The largest absolute Gasteiger partial charge is 0.494 e. The summed E-state index contributed by atoms with van der Waals surface area (Å²) in [6.45, 7) is 7.82. The fraction of sp³-hybridized carbons (Fsp3) is 0.381. The maximum absolute atomic E-state index is 11.8. The Labute approximate surface area is 160 Å². The van der Waals surface area contributed by atoms with Crippen molar-refractivity contribution in [2.45, 2.75) is 32.6 Å². The van der Waals surface area contributed by atoms with Gasteiger partial charge in [0.15, 0.2) is 0 Å². The standard InChI is InChI=1S/C21H26ClNO3/c1-21(2,3)15-6-9-17(10-7-15)26-13-5-12-23-19-11-8-16(22)14-18(19)20(24)25-4/h6-11,14,23H,5,12-13H2,1-4H3. The summed E-state index contributed by atoms with van der Waals surface area (Å²) in [7, 11) is 1.35. The molecule has 0 saturated carbocycles. The molecule has 4 nitrogen and oxygen atoms in total. The minimum atomic E-state index is -0.412. The Bertz CT molecular complexity index is 736. The van der Waals surface area contributed by atoms with Gasteiger partial charge in [0.1, 0.15) is 5.75 Å². The van der Waals surface area contributed by atoms with E-state index in [1.807, 2.05) is 12.1 Å². The Morgan fingerprint density at radius 3 is 2.42 bits per heavy atom. The first kappa shape index (κ1) is 20.1. The van der Waals surface area contributed by atoms with Crippen LogP contribution in [0.5, 0.6) is 5.75 Å². The third kappa shape index (κ3) is 5.67. The van der Waals surface area contributed by atoms with Crippen LogP contribution in [-0.2, 0) is 10.2 Å². The minimum absolute atomic E-state index is 0.137. The van der Waals surface area contributed by atoms with Gasteiger partial charge in [0.05, 0.1) is 19.3 Å². The lowest BCUT2D eigenvalue weighted by Crippen LogP contribution is -2.12. The lowest BCUT2D eigenvalue weighted by molar-refractivity contribution is 0.0602. The van der Waals surface area contributed by atoms with Crippen molar-refractivity contribution in [1.29, 1.82) is 0 Å². The first-order valence-corrected chi connectivity index (χ1v) is 9.04. The third-order valence-electron chi connectivity index (χ3n) is 4.01. The van der Waals surface area contributed by atoms with Crippen LogP contribution in [-0.4, -0.2) is 26.2 Å². The molecule has 0 atom stereocenters. The smallest absolute Gasteiger partial charge is 0.340 e. The van der Waals surface area contributed by atoms with Crippen molar-refractivity contribution in [3.05, 3.63) is 58.6 Å². The molecule has 0 bridgehead atoms. The van der Waals surface area contributed by atoms with Gasteiger partial charge in [0, 0.05) is 17.3 Å². The summed E-state index contributed by atoms with van der Waals surface area (Å²) in [6, 6.07) is 13.3. The van der Waals surface area contributed by atoms with Crippen LogP contribution in [0.15, 0.2) is 42.5 Å². The molecule has 0 unspecified atom stereocenters. The summed E-state index contributed by atoms with van der Waals surface area (Å²) < 4.78 is 10.6. The Balaban J connectivity index is 1.82. The SMILES string of the molecule is COC(=O)c1cc(Cl)ccc1NCCCOc1ccc(C(C)(C)C)cc1. The molecule has 2 rings (SSSR count). The lowest BCUT2D eigenvalue weighted by atomic mass is 9.87. The van der Waals surface area contributed by atoms with E-state index in [1.54, 1.807) is 18.2 Å². The van der Waals surface area contributed by atoms with Crippen molar-refractivity contribution in [1.82, 2.24) is 0 Å². The fourth-order valence-corrected chi connectivity index (χ4v) is 2.66. The predicted octanol–water partition coefficient (Wildman–Crippen LogP) is 5.31. The highest BCUT2D eigenvalue weighted by molar-refractivity contribution is 6.31. The molecule has 5 heteroatoms. The number of carbonyl (C=O) groups excluding carboxylic acids is 1. The number of carbonyl (C=O) groups is 1. The maximum atomic E-state index is 11.8. The normalized spacial score (nSPS) is 11.1. The first-order chi connectivity index (χ1) is 12.3. The Hall–Kier alpha value is -2.20. The van der Waals surface area contributed by atoms with Gasteiger partial charge in [0.25, 0.3) is 0 Å². The van der Waals surface area contributed by atoms with E-state index in [0.717, 1.165) is 12.2 Å². The third-order valence-corrected chi connectivity index (χ3v) is 4.25. The molecular weight excluding hydrogens is 350 g/mol. The zero-order valence-electron chi connectivity index (χ0n) is 15.8. The Morgan fingerprint density at radius 2 is 1.81 bits per heavy atom. The van der Waals surface area contributed by atoms with Gasteiger partial charge < -0.3 is 14.8 Å². The minimum Gasteiger partial charge on any atom is -0.494 e. The van der Waals surface area contributed by atoms with E-state index in [2.05, 4.69) is 38.2 Å². The molecule has 0 fully saturated rings. The van der Waals surface area contributed by atoms with E-state index in [4.69, 9.17) is 21.1 Å².